The van der Waals surface area contributed by atoms with Crippen molar-refractivity contribution >= 4 is 23.4 Å². The highest BCUT2D eigenvalue weighted by atomic mass is 16.5. The van der Waals surface area contributed by atoms with Crippen molar-refractivity contribution in [2.45, 2.75) is 32.1 Å². The van der Waals surface area contributed by atoms with E-state index >= 15 is 0 Å². The fraction of sp³-hybridized carbons (Fsp3) is 0.444. The molecule has 2 heterocycles. The average Bonchev–Trinajstić information content (AvgIpc) is 3.49. The zero-order valence-corrected chi connectivity index (χ0v) is 19.7. The summed E-state index contributed by atoms with van der Waals surface area (Å²) >= 11 is 0. The maximum Gasteiger partial charge on any atom is 0.228 e. The molecule has 0 spiro atoms. The van der Waals surface area contributed by atoms with E-state index in [1.807, 2.05) is 40.1 Å². The maximum absolute atomic E-state index is 13.2. The third kappa shape index (κ3) is 4.52. The van der Waals surface area contributed by atoms with Gasteiger partial charge in [0.05, 0.1) is 19.4 Å². The fourth-order valence-corrected chi connectivity index (χ4v) is 5.35. The van der Waals surface area contributed by atoms with Crippen LogP contribution in [0.1, 0.15) is 29.5 Å². The summed E-state index contributed by atoms with van der Waals surface area (Å²) in [4.78, 5) is 44.1. The summed E-state index contributed by atoms with van der Waals surface area (Å²) in [6, 6.07) is 13.8. The summed E-state index contributed by atoms with van der Waals surface area (Å²) in [5.41, 5.74) is 4.53. The van der Waals surface area contributed by atoms with Gasteiger partial charge in [-0.05, 0) is 60.2 Å². The Morgan fingerprint density at radius 3 is 2.53 bits per heavy atom. The quantitative estimate of drug-likeness (QED) is 0.686. The first-order valence-electron chi connectivity index (χ1n) is 12.1. The predicted molar refractivity (Wildman–Crippen MR) is 129 cm³/mol. The van der Waals surface area contributed by atoms with Crippen molar-refractivity contribution in [1.29, 1.82) is 0 Å². The summed E-state index contributed by atoms with van der Waals surface area (Å²) < 4.78 is 5.24. The lowest BCUT2D eigenvalue weighted by Crippen LogP contribution is -2.52. The minimum Gasteiger partial charge on any atom is -0.497 e. The first-order valence-corrected chi connectivity index (χ1v) is 12.1. The second-order valence-corrected chi connectivity index (χ2v) is 9.45. The van der Waals surface area contributed by atoms with Crippen molar-refractivity contribution in [3.8, 4) is 5.75 Å². The molecule has 0 saturated carbocycles. The number of anilines is 1. The van der Waals surface area contributed by atoms with Crippen molar-refractivity contribution in [2.24, 2.45) is 5.92 Å². The highest BCUT2D eigenvalue weighted by Gasteiger charge is 2.38. The Kier molecular flexibility index (Phi) is 6.26. The number of fused-ring (bicyclic) bond motifs is 1. The van der Waals surface area contributed by atoms with Crippen molar-refractivity contribution in [1.82, 2.24) is 9.80 Å². The molecule has 1 atom stereocenters. The number of amides is 3. The van der Waals surface area contributed by atoms with Crippen LogP contribution in [0.4, 0.5) is 5.69 Å². The topological polar surface area (TPSA) is 70.2 Å². The van der Waals surface area contributed by atoms with Crippen LogP contribution in [-0.2, 0) is 33.6 Å². The lowest BCUT2D eigenvalue weighted by molar-refractivity contribution is -0.141. The number of hydrogen-bond donors (Lipinski definition) is 0. The molecule has 3 amide bonds. The molecule has 0 N–H and O–H groups in total. The number of aryl methyl sites for hydroxylation is 2. The maximum atomic E-state index is 13.2. The first kappa shape index (κ1) is 22.4. The summed E-state index contributed by atoms with van der Waals surface area (Å²) in [5, 5.41) is 0. The second-order valence-electron chi connectivity index (χ2n) is 9.45. The van der Waals surface area contributed by atoms with E-state index in [2.05, 4.69) is 12.1 Å². The number of benzene rings is 2. The van der Waals surface area contributed by atoms with E-state index in [4.69, 9.17) is 4.74 Å². The van der Waals surface area contributed by atoms with Gasteiger partial charge in [0, 0.05) is 44.8 Å². The number of methoxy groups -OCH3 is 1. The Hall–Kier alpha value is -3.35. The SMILES string of the molecule is COc1cccc(CC(=O)N2CCN(C(=O)C3CC(=O)N(c4ccc5c(c4)CCC5)C3)CC2)c1. The molecule has 0 aromatic heterocycles. The van der Waals surface area contributed by atoms with Gasteiger partial charge in [-0.25, -0.2) is 0 Å². The molecule has 7 nitrogen and oxygen atoms in total. The van der Waals surface area contributed by atoms with Crippen LogP contribution in [0.5, 0.6) is 5.75 Å². The van der Waals surface area contributed by atoms with Crippen molar-refractivity contribution in [3.05, 3.63) is 59.2 Å². The molecule has 178 valence electrons. The molecule has 5 rings (SSSR count). The third-order valence-electron chi connectivity index (χ3n) is 7.30. The summed E-state index contributed by atoms with van der Waals surface area (Å²) in [5.74, 6) is 0.514. The second kappa shape index (κ2) is 9.49. The average molecular weight is 462 g/mol. The smallest absolute Gasteiger partial charge is 0.228 e. The number of carbonyl (C=O) groups is 3. The van der Waals surface area contributed by atoms with E-state index in [-0.39, 0.29) is 30.1 Å². The van der Waals surface area contributed by atoms with Crippen LogP contribution >= 0.6 is 0 Å². The van der Waals surface area contributed by atoms with Crippen LogP contribution in [0.15, 0.2) is 42.5 Å². The molecule has 3 aliphatic rings. The van der Waals surface area contributed by atoms with Crippen LogP contribution in [0.3, 0.4) is 0 Å². The Morgan fingerprint density at radius 1 is 0.971 bits per heavy atom. The van der Waals surface area contributed by atoms with Crippen LogP contribution in [0.25, 0.3) is 0 Å². The predicted octanol–water partition coefficient (Wildman–Crippen LogP) is 2.45. The van der Waals surface area contributed by atoms with Gasteiger partial charge >= 0.3 is 0 Å². The standard InChI is InChI=1S/C27H31N3O4/c1-34-24-7-2-4-19(14-24)15-25(31)28-10-12-29(13-11-28)27(33)22-17-26(32)30(18-22)23-9-8-20-5-3-6-21(20)16-23/h2,4,7-9,14,16,22H,3,5-6,10-13,15,17-18H2,1H3. The molecule has 0 radical (unpaired) electrons. The molecule has 2 aromatic rings. The summed E-state index contributed by atoms with van der Waals surface area (Å²) in [6.07, 6.45) is 3.91. The van der Waals surface area contributed by atoms with Crippen LogP contribution in [-0.4, -0.2) is 67.4 Å². The first-order chi connectivity index (χ1) is 16.5. The van der Waals surface area contributed by atoms with Gasteiger partial charge in [0.2, 0.25) is 17.7 Å². The van der Waals surface area contributed by atoms with E-state index < -0.39 is 0 Å². The van der Waals surface area contributed by atoms with Gasteiger partial charge in [0.25, 0.3) is 0 Å². The molecular formula is C27H31N3O4. The largest absolute Gasteiger partial charge is 0.497 e. The number of hydrogen-bond acceptors (Lipinski definition) is 4. The lowest BCUT2D eigenvalue weighted by atomic mass is 10.1. The molecule has 2 aliphatic heterocycles. The highest BCUT2D eigenvalue weighted by Crippen LogP contribution is 2.31. The van der Waals surface area contributed by atoms with Gasteiger partial charge < -0.3 is 19.4 Å². The minimum atomic E-state index is -0.320. The summed E-state index contributed by atoms with van der Waals surface area (Å²) in [6.45, 7) is 2.48. The Bertz CT molecular complexity index is 1110. The Balaban J connectivity index is 1.15. The normalized spacial score (nSPS) is 20.0. The molecule has 2 aromatic carbocycles. The number of piperazine rings is 1. The lowest BCUT2D eigenvalue weighted by Gasteiger charge is -2.36. The van der Waals surface area contributed by atoms with Gasteiger partial charge in [-0.15, -0.1) is 0 Å². The van der Waals surface area contributed by atoms with Crippen molar-refractivity contribution in [3.63, 3.8) is 0 Å². The van der Waals surface area contributed by atoms with Crippen LogP contribution in [0.2, 0.25) is 0 Å². The van der Waals surface area contributed by atoms with Gasteiger partial charge in [-0.1, -0.05) is 18.2 Å². The van der Waals surface area contributed by atoms with E-state index in [0.29, 0.717) is 39.1 Å². The Labute approximate surface area is 200 Å². The Morgan fingerprint density at radius 2 is 1.74 bits per heavy atom. The number of ether oxygens (including phenoxy) is 1. The molecular weight excluding hydrogens is 430 g/mol. The molecule has 1 aliphatic carbocycles. The molecule has 0 bridgehead atoms. The number of rotatable bonds is 5. The zero-order chi connectivity index (χ0) is 23.7. The monoisotopic (exact) mass is 461 g/mol. The van der Waals surface area contributed by atoms with E-state index in [9.17, 15) is 14.4 Å². The van der Waals surface area contributed by atoms with Crippen molar-refractivity contribution in [2.75, 3.05) is 44.7 Å². The van der Waals surface area contributed by atoms with E-state index in [1.54, 1.807) is 12.0 Å². The van der Waals surface area contributed by atoms with Gasteiger partial charge in [0.1, 0.15) is 5.75 Å². The van der Waals surface area contributed by atoms with Gasteiger partial charge in [-0.3, -0.25) is 14.4 Å². The van der Waals surface area contributed by atoms with Crippen LogP contribution in [0, 0.1) is 5.92 Å². The molecule has 34 heavy (non-hydrogen) atoms. The summed E-state index contributed by atoms with van der Waals surface area (Å²) in [7, 11) is 1.61. The van der Waals surface area contributed by atoms with Gasteiger partial charge in [0.15, 0.2) is 0 Å². The van der Waals surface area contributed by atoms with E-state index in [1.165, 1.54) is 17.5 Å². The molecule has 1 unspecified atom stereocenters. The molecule has 7 heteroatoms. The molecule has 2 saturated heterocycles. The molecule has 2 fully saturated rings. The minimum absolute atomic E-state index is 0.0170. The number of carbonyl (C=O) groups excluding carboxylic acids is 3. The highest BCUT2D eigenvalue weighted by molar-refractivity contribution is 6.00. The van der Waals surface area contributed by atoms with Crippen molar-refractivity contribution < 1.29 is 19.1 Å². The van der Waals surface area contributed by atoms with E-state index in [0.717, 1.165) is 29.8 Å². The number of nitrogens with zero attached hydrogens (tertiary/aromatic N) is 3. The van der Waals surface area contributed by atoms with Gasteiger partial charge in [-0.2, -0.15) is 0 Å². The third-order valence-corrected chi connectivity index (χ3v) is 7.30. The van der Waals surface area contributed by atoms with Crippen LogP contribution < -0.4 is 9.64 Å². The zero-order valence-electron chi connectivity index (χ0n) is 19.7. The fourth-order valence-electron chi connectivity index (χ4n) is 5.35.